The topological polar surface area (TPSA) is 112 Å². The Morgan fingerprint density at radius 1 is 1.10 bits per heavy atom. The van der Waals surface area contributed by atoms with E-state index < -0.39 is 23.9 Å². The normalized spacial score (nSPS) is 12.6. The maximum absolute atomic E-state index is 12.2. The highest BCUT2D eigenvalue weighted by molar-refractivity contribution is 5.97. The van der Waals surface area contributed by atoms with Gasteiger partial charge in [-0.3, -0.25) is 14.4 Å². The van der Waals surface area contributed by atoms with E-state index in [1.54, 1.807) is 42.5 Å². The zero-order chi connectivity index (χ0) is 20.8. The second-order valence-corrected chi connectivity index (χ2v) is 6.10. The second kappa shape index (κ2) is 8.96. The van der Waals surface area contributed by atoms with Crippen molar-refractivity contribution in [3.63, 3.8) is 0 Å². The van der Waals surface area contributed by atoms with E-state index in [0.717, 1.165) is 0 Å². The molecule has 9 nitrogen and oxygen atoms in total. The lowest BCUT2D eigenvalue weighted by Gasteiger charge is -2.14. The molecule has 29 heavy (non-hydrogen) atoms. The van der Waals surface area contributed by atoms with Crippen LogP contribution in [-0.4, -0.2) is 44.3 Å². The van der Waals surface area contributed by atoms with Crippen LogP contribution in [0.5, 0.6) is 17.2 Å². The highest BCUT2D eigenvalue weighted by atomic mass is 16.7. The lowest BCUT2D eigenvalue weighted by Crippen LogP contribution is -2.35. The van der Waals surface area contributed by atoms with Gasteiger partial charge in [0.1, 0.15) is 12.3 Å². The molecule has 2 N–H and O–H groups in total. The van der Waals surface area contributed by atoms with E-state index >= 15 is 0 Å². The first kappa shape index (κ1) is 20.0. The smallest absolute Gasteiger partial charge is 0.326 e. The molecular formula is C20H20N2O7. The summed E-state index contributed by atoms with van der Waals surface area (Å²) in [5.41, 5.74) is 0.819. The van der Waals surface area contributed by atoms with Crippen molar-refractivity contribution in [1.29, 1.82) is 0 Å². The number of amides is 2. The number of anilines is 1. The summed E-state index contributed by atoms with van der Waals surface area (Å²) >= 11 is 0. The lowest BCUT2D eigenvalue weighted by molar-refractivity contribution is -0.152. The summed E-state index contributed by atoms with van der Waals surface area (Å²) in [6.45, 7) is 1.18. The molecule has 0 spiro atoms. The summed E-state index contributed by atoms with van der Waals surface area (Å²) in [6.07, 6.45) is -1.05. The Morgan fingerprint density at radius 2 is 1.90 bits per heavy atom. The molecule has 0 bridgehead atoms. The highest BCUT2D eigenvalue weighted by Crippen LogP contribution is 2.34. The zero-order valence-corrected chi connectivity index (χ0v) is 15.9. The summed E-state index contributed by atoms with van der Waals surface area (Å²) in [5, 5.41) is 5.07. The molecule has 1 aliphatic heterocycles. The van der Waals surface area contributed by atoms with Crippen LogP contribution in [0.2, 0.25) is 0 Å². The number of hydrogen-bond donors (Lipinski definition) is 2. The molecule has 1 aliphatic rings. The van der Waals surface area contributed by atoms with E-state index in [2.05, 4.69) is 10.6 Å². The van der Waals surface area contributed by atoms with Crippen molar-refractivity contribution in [3.8, 4) is 17.2 Å². The van der Waals surface area contributed by atoms with Gasteiger partial charge in [0.05, 0.1) is 7.11 Å². The molecule has 9 heteroatoms. The summed E-state index contributed by atoms with van der Waals surface area (Å²) in [6, 6.07) is 11.4. The van der Waals surface area contributed by atoms with Gasteiger partial charge < -0.3 is 29.6 Å². The molecule has 0 radical (unpaired) electrons. The van der Waals surface area contributed by atoms with Gasteiger partial charge in [-0.1, -0.05) is 6.07 Å². The average molecular weight is 400 g/mol. The Kier molecular flexibility index (Phi) is 6.18. The van der Waals surface area contributed by atoms with Gasteiger partial charge in [0.25, 0.3) is 11.8 Å². The van der Waals surface area contributed by atoms with Gasteiger partial charge in [-0.25, -0.2) is 0 Å². The van der Waals surface area contributed by atoms with Gasteiger partial charge in [-0.2, -0.15) is 0 Å². The molecule has 0 saturated carbocycles. The predicted molar refractivity (Wildman–Crippen MR) is 102 cm³/mol. The molecule has 0 fully saturated rings. The lowest BCUT2D eigenvalue weighted by atomic mass is 10.2. The first-order valence-electron chi connectivity index (χ1n) is 8.78. The molecule has 1 atom stereocenters. The quantitative estimate of drug-likeness (QED) is 0.681. The van der Waals surface area contributed by atoms with E-state index in [1.165, 1.54) is 14.0 Å². The Balaban J connectivity index is 1.47. The van der Waals surface area contributed by atoms with Crippen molar-refractivity contribution in [2.45, 2.75) is 13.0 Å². The number of fused-ring (bicyclic) bond motifs is 1. The third-order valence-corrected chi connectivity index (χ3v) is 4.04. The summed E-state index contributed by atoms with van der Waals surface area (Å²) in [4.78, 5) is 36.3. The molecule has 2 aromatic carbocycles. The number of benzene rings is 2. The summed E-state index contributed by atoms with van der Waals surface area (Å²) < 4.78 is 20.6. The SMILES string of the molecule is COc1cccc(C(=O)NCC(=O)O[C@@H](C)C(=O)Nc2ccc3c(c2)OCO3)c1. The highest BCUT2D eigenvalue weighted by Gasteiger charge is 2.20. The van der Waals surface area contributed by atoms with Crippen LogP contribution in [-0.2, 0) is 14.3 Å². The largest absolute Gasteiger partial charge is 0.497 e. The third kappa shape index (κ3) is 5.16. The van der Waals surface area contributed by atoms with Crippen LogP contribution in [0, 0.1) is 0 Å². The minimum atomic E-state index is -1.05. The molecule has 0 unspecified atom stereocenters. The van der Waals surface area contributed by atoms with Crippen LogP contribution in [0.3, 0.4) is 0 Å². The monoisotopic (exact) mass is 400 g/mol. The zero-order valence-electron chi connectivity index (χ0n) is 15.9. The first-order valence-corrected chi connectivity index (χ1v) is 8.78. The van der Waals surface area contributed by atoms with Crippen LogP contribution >= 0.6 is 0 Å². The number of esters is 1. The van der Waals surface area contributed by atoms with Crippen molar-refractivity contribution in [2.75, 3.05) is 25.8 Å². The van der Waals surface area contributed by atoms with Crippen molar-refractivity contribution >= 4 is 23.5 Å². The number of nitrogens with one attached hydrogen (secondary N) is 2. The fourth-order valence-electron chi connectivity index (χ4n) is 2.53. The fraction of sp³-hybridized carbons (Fsp3) is 0.250. The fourth-order valence-corrected chi connectivity index (χ4v) is 2.53. The molecule has 0 saturated heterocycles. The van der Waals surface area contributed by atoms with Gasteiger partial charge in [-0.15, -0.1) is 0 Å². The van der Waals surface area contributed by atoms with Gasteiger partial charge >= 0.3 is 5.97 Å². The number of ether oxygens (including phenoxy) is 4. The first-order chi connectivity index (χ1) is 14.0. The van der Waals surface area contributed by atoms with Gasteiger partial charge in [-0.05, 0) is 37.3 Å². The van der Waals surface area contributed by atoms with Crippen molar-refractivity contribution in [3.05, 3.63) is 48.0 Å². The maximum atomic E-state index is 12.2. The molecule has 1 heterocycles. The Labute approximate surface area is 166 Å². The molecule has 0 aliphatic carbocycles. The van der Waals surface area contributed by atoms with Crippen LogP contribution < -0.4 is 24.8 Å². The summed E-state index contributed by atoms with van der Waals surface area (Å²) in [7, 11) is 1.49. The van der Waals surface area contributed by atoms with Crippen molar-refractivity contribution in [1.82, 2.24) is 5.32 Å². The minimum Gasteiger partial charge on any atom is -0.497 e. The van der Waals surface area contributed by atoms with Crippen LogP contribution in [0.25, 0.3) is 0 Å². The van der Waals surface area contributed by atoms with Crippen molar-refractivity contribution in [2.24, 2.45) is 0 Å². The molecule has 0 aromatic heterocycles. The number of rotatable bonds is 7. The van der Waals surface area contributed by atoms with Crippen LogP contribution in [0.4, 0.5) is 5.69 Å². The minimum absolute atomic E-state index is 0.127. The van der Waals surface area contributed by atoms with E-state index in [9.17, 15) is 14.4 Å². The van der Waals surface area contributed by atoms with Crippen LogP contribution in [0.15, 0.2) is 42.5 Å². The summed E-state index contributed by atoms with van der Waals surface area (Å²) in [5.74, 6) is -0.0831. The van der Waals surface area contributed by atoms with E-state index in [4.69, 9.17) is 18.9 Å². The maximum Gasteiger partial charge on any atom is 0.326 e. The Morgan fingerprint density at radius 3 is 2.69 bits per heavy atom. The van der Waals surface area contributed by atoms with E-state index in [-0.39, 0.29) is 13.3 Å². The Hall–Kier alpha value is -3.75. The molecule has 3 rings (SSSR count). The standard InChI is InChI=1S/C20H20N2O7/c1-12(19(24)22-14-6-7-16-17(9-14)28-11-27-16)29-18(23)10-21-20(25)13-4-3-5-15(8-13)26-2/h3-9,12H,10-11H2,1-2H3,(H,21,25)(H,22,24)/t12-/m0/s1. The Bertz CT molecular complexity index is 929. The van der Waals surface area contributed by atoms with Crippen LogP contribution in [0.1, 0.15) is 17.3 Å². The molecule has 2 amide bonds. The number of carbonyl (C=O) groups excluding carboxylic acids is 3. The predicted octanol–water partition coefficient (Wildman–Crippen LogP) is 1.72. The van der Waals surface area contributed by atoms with Gasteiger partial charge in [0.2, 0.25) is 6.79 Å². The number of methoxy groups -OCH3 is 1. The van der Waals surface area contributed by atoms with E-state index in [1.807, 2.05) is 0 Å². The number of hydrogen-bond acceptors (Lipinski definition) is 7. The van der Waals surface area contributed by atoms with Gasteiger partial charge in [0.15, 0.2) is 17.6 Å². The second-order valence-electron chi connectivity index (χ2n) is 6.10. The van der Waals surface area contributed by atoms with Crippen molar-refractivity contribution < 1.29 is 33.3 Å². The molecular weight excluding hydrogens is 380 g/mol. The van der Waals surface area contributed by atoms with Gasteiger partial charge in [0, 0.05) is 17.3 Å². The molecule has 152 valence electrons. The molecule has 2 aromatic rings. The third-order valence-electron chi connectivity index (χ3n) is 4.04. The average Bonchev–Trinajstić information content (AvgIpc) is 3.19. The van der Waals surface area contributed by atoms with E-state index in [0.29, 0.717) is 28.5 Å². The number of carbonyl (C=O) groups is 3.